The van der Waals surface area contributed by atoms with Crippen molar-refractivity contribution in [2.24, 2.45) is 11.8 Å². The lowest BCUT2D eigenvalue weighted by molar-refractivity contribution is -0.148. The van der Waals surface area contributed by atoms with Crippen LogP contribution in [0.5, 0.6) is 0 Å². The van der Waals surface area contributed by atoms with Crippen LogP contribution >= 0.6 is 39.3 Å². The highest BCUT2D eigenvalue weighted by Crippen LogP contribution is 2.67. The molecule has 172 valence electrons. The zero-order valence-electron chi connectivity index (χ0n) is 17.2. The minimum absolute atomic E-state index is 0.103. The SMILES string of the molecule is C=CCN(C(=O)C1N(CCCO)C(=O)[C@@H]2[C@@H](C(=O)O)[C@@H]3SC12CC3Br)c1ccc(Cl)cc1. The zero-order chi connectivity index (χ0) is 23.2. The van der Waals surface area contributed by atoms with Gasteiger partial charge in [-0.05, 0) is 37.1 Å². The number of thioether (sulfide) groups is 1. The Hall–Kier alpha value is -1.55. The van der Waals surface area contributed by atoms with Crippen LogP contribution in [0.1, 0.15) is 12.8 Å². The van der Waals surface area contributed by atoms with Crippen molar-refractivity contribution in [2.75, 3.05) is 24.6 Å². The van der Waals surface area contributed by atoms with E-state index in [1.165, 1.54) is 16.7 Å². The summed E-state index contributed by atoms with van der Waals surface area (Å²) < 4.78 is -0.836. The number of carbonyl (C=O) groups excluding carboxylic acids is 2. The maximum Gasteiger partial charge on any atom is 0.308 e. The first-order chi connectivity index (χ1) is 15.3. The summed E-state index contributed by atoms with van der Waals surface area (Å²) in [6, 6.07) is 6.02. The molecule has 1 spiro atoms. The van der Waals surface area contributed by atoms with Gasteiger partial charge in [0, 0.05) is 40.5 Å². The fourth-order valence-electron chi connectivity index (χ4n) is 5.39. The smallest absolute Gasteiger partial charge is 0.308 e. The van der Waals surface area contributed by atoms with E-state index in [-0.39, 0.29) is 41.6 Å². The number of halogens is 2. The molecule has 3 aliphatic rings. The molecule has 2 bridgehead atoms. The summed E-state index contributed by atoms with van der Waals surface area (Å²) in [5.74, 6) is -3.23. The molecule has 0 aromatic heterocycles. The molecule has 3 fully saturated rings. The Labute approximate surface area is 203 Å². The predicted molar refractivity (Wildman–Crippen MR) is 127 cm³/mol. The van der Waals surface area contributed by atoms with E-state index < -0.39 is 28.6 Å². The number of amides is 2. The molecule has 4 rings (SSSR count). The fraction of sp³-hybridized carbons (Fsp3) is 0.500. The van der Waals surface area contributed by atoms with Gasteiger partial charge in [-0.1, -0.05) is 33.6 Å². The van der Waals surface area contributed by atoms with Crippen molar-refractivity contribution in [3.63, 3.8) is 0 Å². The Morgan fingerprint density at radius 2 is 2.06 bits per heavy atom. The monoisotopic (exact) mass is 542 g/mol. The van der Waals surface area contributed by atoms with Crippen LogP contribution in [0.3, 0.4) is 0 Å². The molecular formula is C22H24BrClN2O5S. The topological polar surface area (TPSA) is 98.2 Å². The van der Waals surface area contributed by atoms with Gasteiger partial charge in [-0.25, -0.2) is 0 Å². The number of hydrogen-bond acceptors (Lipinski definition) is 5. The summed E-state index contributed by atoms with van der Waals surface area (Å²) in [4.78, 5) is 42.7. The Morgan fingerprint density at radius 3 is 2.66 bits per heavy atom. The van der Waals surface area contributed by atoms with Gasteiger partial charge in [0.05, 0.1) is 16.6 Å². The largest absolute Gasteiger partial charge is 0.481 e. The van der Waals surface area contributed by atoms with E-state index in [4.69, 9.17) is 11.6 Å². The molecule has 3 saturated heterocycles. The van der Waals surface area contributed by atoms with Crippen molar-refractivity contribution in [1.29, 1.82) is 0 Å². The standard InChI is InChI=1S/C22H24BrClN2O5S/c1-2-8-25(13-6-4-12(24)5-7-13)20(29)18-22-11-14(23)17(32-22)15(21(30)31)16(22)19(28)26(18)9-3-10-27/h2,4-7,14-18,27H,1,3,8-11H2,(H,30,31)/t14?,15-,16+,17-,18?,22?/m1/s1. The van der Waals surface area contributed by atoms with E-state index in [1.807, 2.05) is 0 Å². The maximum absolute atomic E-state index is 14.1. The second-order valence-corrected chi connectivity index (χ2v) is 11.5. The normalized spacial score (nSPS) is 32.8. The molecule has 2 amide bonds. The van der Waals surface area contributed by atoms with Gasteiger partial charge in [-0.15, -0.1) is 18.3 Å². The van der Waals surface area contributed by atoms with Crippen molar-refractivity contribution in [1.82, 2.24) is 4.90 Å². The van der Waals surface area contributed by atoms with E-state index in [1.54, 1.807) is 35.2 Å². The molecular weight excluding hydrogens is 520 g/mol. The van der Waals surface area contributed by atoms with Gasteiger partial charge >= 0.3 is 5.97 Å². The average Bonchev–Trinajstić information content (AvgIpc) is 3.34. The van der Waals surface area contributed by atoms with Crippen LogP contribution in [0, 0.1) is 11.8 Å². The number of rotatable bonds is 8. The number of aliphatic hydroxyl groups is 1. The highest BCUT2D eigenvalue weighted by Gasteiger charge is 2.76. The summed E-state index contributed by atoms with van der Waals surface area (Å²) in [6.45, 7) is 4.06. The maximum atomic E-state index is 14.1. The number of carboxylic acid groups (broad SMARTS) is 1. The summed E-state index contributed by atoms with van der Waals surface area (Å²) in [5, 5.41) is 19.6. The van der Waals surface area contributed by atoms with Gasteiger partial charge in [0.25, 0.3) is 5.91 Å². The van der Waals surface area contributed by atoms with E-state index >= 15 is 0 Å². The summed E-state index contributed by atoms with van der Waals surface area (Å²) in [6.07, 6.45) is 2.45. The van der Waals surface area contributed by atoms with Crippen LogP contribution in [0.25, 0.3) is 0 Å². The number of nitrogens with zero attached hydrogens (tertiary/aromatic N) is 2. The summed E-state index contributed by atoms with van der Waals surface area (Å²) in [7, 11) is 0. The number of anilines is 1. The quantitative estimate of drug-likeness (QED) is 0.387. The molecule has 1 aromatic rings. The molecule has 3 unspecified atom stereocenters. The second kappa shape index (κ2) is 9.00. The van der Waals surface area contributed by atoms with Crippen LogP contribution in [-0.2, 0) is 14.4 Å². The first-order valence-corrected chi connectivity index (χ1v) is 12.6. The molecule has 6 atom stereocenters. The first-order valence-electron chi connectivity index (χ1n) is 10.4. The molecule has 7 nitrogen and oxygen atoms in total. The van der Waals surface area contributed by atoms with Crippen molar-refractivity contribution in [2.45, 2.75) is 33.7 Å². The van der Waals surface area contributed by atoms with E-state index in [9.17, 15) is 24.6 Å². The minimum Gasteiger partial charge on any atom is -0.481 e. The highest BCUT2D eigenvalue weighted by atomic mass is 79.9. The third-order valence-electron chi connectivity index (χ3n) is 6.58. The predicted octanol–water partition coefficient (Wildman–Crippen LogP) is 2.79. The zero-order valence-corrected chi connectivity index (χ0v) is 20.4. The second-order valence-electron chi connectivity index (χ2n) is 8.32. The number of aliphatic hydroxyl groups excluding tert-OH is 1. The summed E-state index contributed by atoms with van der Waals surface area (Å²) >= 11 is 11.1. The third kappa shape index (κ3) is 3.57. The Bertz CT molecular complexity index is 947. The highest BCUT2D eigenvalue weighted by molar-refractivity contribution is 9.09. The number of likely N-dealkylation sites (tertiary alicyclic amines) is 1. The first kappa shape index (κ1) is 23.6. The lowest BCUT2D eigenvalue weighted by Gasteiger charge is -2.37. The molecule has 3 aliphatic heterocycles. The average molecular weight is 544 g/mol. The van der Waals surface area contributed by atoms with Crippen LogP contribution in [0.15, 0.2) is 36.9 Å². The Balaban J connectivity index is 1.79. The van der Waals surface area contributed by atoms with Crippen LogP contribution in [0.2, 0.25) is 5.02 Å². The molecule has 0 saturated carbocycles. The molecule has 0 aliphatic carbocycles. The third-order valence-corrected chi connectivity index (χ3v) is 10.1. The van der Waals surface area contributed by atoms with Gasteiger partial charge in [0.15, 0.2) is 0 Å². The van der Waals surface area contributed by atoms with Crippen molar-refractivity contribution in [3.8, 4) is 0 Å². The fourth-order valence-corrected chi connectivity index (χ4v) is 9.12. The lowest BCUT2D eigenvalue weighted by atomic mass is 9.71. The van der Waals surface area contributed by atoms with E-state index in [0.29, 0.717) is 23.6 Å². The Kier molecular flexibility index (Phi) is 6.64. The summed E-state index contributed by atoms with van der Waals surface area (Å²) in [5.41, 5.74) is 0.622. The van der Waals surface area contributed by atoms with Gasteiger partial charge in [-0.3, -0.25) is 14.4 Å². The van der Waals surface area contributed by atoms with Gasteiger partial charge in [-0.2, -0.15) is 0 Å². The van der Waals surface area contributed by atoms with Crippen LogP contribution < -0.4 is 4.90 Å². The molecule has 2 N–H and O–H groups in total. The Morgan fingerprint density at radius 1 is 1.38 bits per heavy atom. The van der Waals surface area contributed by atoms with Gasteiger partial charge in [0.1, 0.15) is 6.04 Å². The molecule has 0 radical (unpaired) electrons. The lowest BCUT2D eigenvalue weighted by Crippen LogP contribution is -2.55. The number of fused-ring (bicyclic) bond motifs is 1. The molecule has 1 aromatic carbocycles. The number of aliphatic carboxylic acids is 1. The van der Waals surface area contributed by atoms with Crippen molar-refractivity contribution in [3.05, 3.63) is 41.9 Å². The van der Waals surface area contributed by atoms with Crippen LogP contribution in [0.4, 0.5) is 5.69 Å². The van der Waals surface area contributed by atoms with E-state index in [2.05, 4.69) is 22.5 Å². The van der Waals surface area contributed by atoms with Crippen LogP contribution in [-0.4, -0.2) is 73.5 Å². The number of benzene rings is 1. The molecule has 10 heteroatoms. The van der Waals surface area contributed by atoms with Crippen molar-refractivity contribution >= 4 is 62.8 Å². The number of alkyl halides is 1. The van der Waals surface area contributed by atoms with E-state index in [0.717, 1.165) is 0 Å². The minimum atomic E-state index is -1.01. The number of hydrogen-bond donors (Lipinski definition) is 2. The number of carbonyl (C=O) groups is 3. The molecule has 3 heterocycles. The number of carboxylic acids is 1. The molecule has 32 heavy (non-hydrogen) atoms. The van der Waals surface area contributed by atoms with Gasteiger partial charge in [0.2, 0.25) is 5.91 Å². The van der Waals surface area contributed by atoms with Gasteiger partial charge < -0.3 is 20.0 Å². The van der Waals surface area contributed by atoms with Crippen molar-refractivity contribution < 1.29 is 24.6 Å².